The van der Waals surface area contributed by atoms with E-state index in [4.69, 9.17) is 9.47 Å². The number of benzene rings is 2. The molecule has 0 fully saturated rings. The molecule has 1 aromatic heterocycles. The molecule has 0 aliphatic rings. The number of hydrogen-bond acceptors (Lipinski definition) is 5. The van der Waals surface area contributed by atoms with Gasteiger partial charge in [-0.2, -0.15) is 0 Å². The lowest BCUT2D eigenvalue weighted by molar-refractivity contribution is 0.102. The second-order valence-corrected chi connectivity index (χ2v) is 7.74. The average molecular weight is 447 g/mol. The van der Waals surface area contributed by atoms with Gasteiger partial charge in [-0.15, -0.1) is 11.3 Å². The Morgan fingerprint density at radius 3 is 2.56 bits per heavy atom. The van der Waals surface area contributed by atoms with E-state index in [0.29, 0.717) is 10.7 Å². The fourth-order valence-electron chi connectivity index (χ4n) is 2.42. The zero-order chi connectivity index (χ0) is 19.4. The van der Waals surface area contributed by atoms with Crippen LogP contribution in [0.5, 0.6) is 11.5 Å². The Morgan fingerprint density at radius 1 is 1.19 bits per heavy atom. The third-order valence-electron chi connectivity index (χ3n) is 3.66. The average Bonchev–Trinajstić information content (AvgIpc) is 3.10. The number of nitrogens with zero attached hydrogens (tertiary/aromatic N) is 1. The topological polar surface area (TPSA) is 60.5 Å². The van der Waals surface area contributed by atoms with Crippen molar-refractivity contribution in [2.45, 2.75) is 20.0 Å². The molecule has 0 bridgehead atoms. The third kappa shape index (κ3) is 4.87. The maximum absolute atomic E-state index is 12.4. The molecule has 0 radical (unpaired) electrons. The van der Waals surface area contributed by atoms with Gasteiger partial charge in [0.15, 0.2) is 5.13 Å². The fraction of sp³-hybridized carbons (Fsp3) is 0.200. The van der Waals surface area contributed by atoms with E-state index in [1.165, 1.54) is 11.3 Å². The number of nitrogens with one attached hydrogen (secondary N) is 1. The monoisotopic (exact) mass is 446 g/mol. The van der Waals surface area contributed by atoms with Crippen LogP contribution in [-0.4, -0.2) is 24.1 Å². The van der Waals surface area contributed by atoms with Crippen molar-refractivity contribution in [2.75, 3.05) is 12.4 Å². The van der Waals surface area contributed by atoms with Crippen LogP contribution >= 0.6 is 27.3 Å². The van der Waals surface area contributed by atoms with Gasteiger partial charge in [-0.05, 0) is 72.2 Å². The van der Waals surface area contributed by atoms with Crippen LogP contribution in [0.2, 0.25) is 0 Å². The quantitative estimate of drug-likeness (QED) is 0.533. The number of amides is 1. The van der Waals surface area contributed by atoms with Crippen LogP contribution < -0.4 is 14.8 Å². The summed E-state index contributed by atoms with van der Waals surface area (Å²) in [6.45, 7) is 3.92. The summed E-state index contributed by atoms with van der Waals surface area (Å²) < 4.78 is 11.7. The molecule has 0 aliphatic heterocycles. The highest BCUT2D eigenvalue weighted by atomic mass is 79.9. The normalized spacial score (nSPS) is 10.7. The Kier molecular flexibility index (Phi) is 6.13. The van der Waals surface area contributed by atoms with Gasteiger partial charge in [0.25, 0.3) is 5.91 Å². The van der Waals surface area contributed by atoms with Gasteiger partial charge in [-0.25, -0.2) is 4.98 Å². The van der Waals surface area contributed by atoms with Crippen molar-refractivity contribution in [3.63, 3.8) is 0 Å². The lowest BCUT2D eigenvalue weighted by Gasteiger charge is -2.09. The lowest BCUT2D eigenvalue weighted by atomic mass is 10.2. The summed E-state index contributed by atoms with van der Waals surface area (Å²) >= 11 is 4.85. The van der Waals surface area contributed by atoms with Crippen molar-refractivity contribution in [3.8, 4) is 22.8 Å². The van der Waals surface area contributed by atoms with Crippen LogP contribution in [0.15, 0.2) is 52.3 Å². The molecule has 3 rings (SSSR count). The van der Waals surface area contributed by atoms with Crippen molar-refractivity contribution in [2.24, 2.45) is 0 Å². The van der Waals surface area contributed by atoms with E-state index in [0.717, 1.165) is 27.2 Å². The molecule has 0 spiro atoms. The standard InChI is InChI=1S/C20H19BrN2O3S/c1-12(2)26-15-7-4-13(5-8-15)19(24)23-20-22-17(11-27-20)14-6-9-18(25-3)16(21)10-14/h4-12H,1-3H3,(H,22,23,24). The van der Waals surface area contributed by atoms with Crippen LogP contribution in [0.25, 0.3) is 11.3 Å². The second-order valence-electron chi connectivity index (χ2n) is 6.03. The molecule has 1 amide bonds. The van der Waals surface area contributed by atoms with Crippen molar-refractivity contribution < 1.29 is 14.3 Å². The molecular formula is C20H19BrN2O3S. The summed E-state index contributed by atoms with van der Waals surface area (Å²) in [5, 5.41) is 5.29. The van der Waals surface area contributed by atoms with Gasteiger partial charge in [0.05, 0.1) is 23.4 Å². The van der Waals surface area contributed by atoms with Crippen molar-refractivity contribution >= 4 is 38.3 Å². The minimum atomic E-state index is -0.206. The first-order chi connectivity index (χ1) is 13.0. The molecule has 0 aliphatic carbocycles. The van der Waals surface area contributed by atoms with Gasteiger partial charge in [0, 0.05) is 16.5 Å². The van der Waals surface area contributed by atoms with E-state index in [-0.39, 0.29) is 12.0 Å². The number of thiazole rings is 1. The Bertz CT molecular complexity index is 939. The van der Waals surface area contributed by atoms with Gasteiger partial charge in [-0.3, -0.25) is 10.1 Å². The zero-order valence-corrected chi connectivity index (χ0v) is 17.6. The smallest absolute Gasteiger partial charge is 0.257 e. The molecule has 1 heterocycles. The minimum absolute atomic E-state index is 0.0939. The Labute approximate surface area is 170 Å². The van der Waals surface area contributed by atoms with E-state index < -0.39 is 0 Å². The molecule has 27 heavy (non-hydrogen) atoms. The van der Waals surface area contributed by atoms with Crippen LogP contribution in [0, 0.1) is 0 Å². The maximum Gasteiger partial charge on any atom is 0.257 e. The number of hydrogen-bond donors (Lipinski definition) is 1. The van der Waals surface area contributed by atoms with Gasteiger partial charge >= 0.3 is 0 Å². The second kappa shape index (κ2) is 8.54. The Balaban J connectivity index is 1.70. The summed E-state index contributed by atoms with van der Waals surface area (Å²) in [5.74, 6) is 1.29. The molecular weight excluding hydrogens is 428 g/mol. The van der Waals surface area contributed by atoms with Crippen LogP contribution in [0.3, 0.4) is 0 Å². The molecule has 140 valence electrons. The number of carbonyl (C=O) groups excluding carboxylic acids is 1. The van der Waals surface area contributed by atoms with E-state index in [2.05, 4.69) is 26.2 Å². The third-order valence-corrected chi connectivity index (χ3v) is 5.04. The molecule has 0 unspecified atom stereocenters. The van der Waals surface area contributed by atoms with Gasteiger partial charge in [0.1, 0.15) is 11.5 Å². The van der Waals surface area contributed by atoms with Crippen molar-refractivity contribution in [1.29, 1.82) is 0 Å². The molecule has 0 atom stereocenters. The highest BCUT2D eigenvalue weighted by Gasteiger charge is 2.11. The SMILES string of the molecule is COc1ccc(-c2csc(NC(=O)c3ccc(OC(C)C)cc3)n2)cc1Br. The molecule has 0 saturated heterocycles. The van der Waals surface area contributed by atoms with Crippen molar-refractivity contribution in [3.05, 3.63) is 57.9 Å². The van der Waals surface area contributed by atoms with E-state index in [9.17, 15) is 4.79 Å². The largest absolute Gasteiger partial charge is 0.496 e. The first kappa shape index (κ1) is 19.4. The van der Waals surface area contributed by atoms with Crippen LogP contribution in [0.1, 0.15) is 24.2 Å². The first-order valence-electron chi connectivity index (χ1n) is 8.34. The maximum atomic E-state index is 12.4. The lowest BCUT2D eigenvalue weighted by Crippen LogP contribution is -2.12. The summed E-state index contributed by atoms with van der Waals surface area (Å²) in [6.07, 6.45) is 0.0939. The Hall–Kier alpha value is -2.38. The molecule has 2 aromatic carbocycles. The molecule has 7 heteroatoms. The van der Waals surface area contributed by atoms with E-state index in [1.807, 2.05) is 37.4 Å². The molecule has 3 aromatic rings. The fourth-order valence-corrected chi connectivity index (χ4v) is 3.67. The summed E-state index contributed by atoms with van der Waals surface area (Å²) in [6, 6.07) is 12.8. The highest BCUT2D eigenvalue weighted by Crippen LogP contribution is 2.32. The van der Waals surface area contributed by atoms with Crippen LogP contribution in [0.4, 0.5) is 5.13 Å². The number of methoxy groups -OCH3 is 1. The van der Waals surface area contributed by atoms with Crippen molar-refractivity contribution in [1.82, 2.24) is 4.98 Å². The number of anilines is 1. The predicted octanol–water partition coefficient (Wildman–Crippen LogP) is 5.62. The van der Waals surface area contributed by atoms with Gasteiger partial charge in [-0.1, -0.05) is 0 Å². The first-order valence-corrected chi connectivity index (χ1v) is 10.0. The highest BCUT2D eigenvalue weighted by molar-refractivity contribution is 9.10. The number of aromatic nitrogens is 1. The predicted molar refractivity (Wildman–Crippen MR) is 112 cm³/mol. The van der Waals surface area contributed by atoms with Gasteiger partial charge < -0.3 is 9.47 Å². The van der Waals surface area contributed by atoms with Crippen LogP contribution in [-0.2, 0) is 0 Å². The number of halogens is 1. The minimum Gasteiger partial charge on any atom is -0.496 e. The zero-order valence-electron chi connectivity index (χ0n) is 15.2. The van der Waals surface area contributed by atoms with Gasteiger partial charge in [0.2, 0.25) is 0 Å². The summed E-state index contributed by atoms with van der Waals surface area (Å²) in [5.41, 5.74) is 2.28. The number of carbonyl (C=O) groups is 1. The summed E-state index contributed by atoms with van der Waals surface area (Å²) in [4.78, 5) is 16.9. The number of ether oxygens (including phenoxy) is 2. The molecule has 1 N–H and O–H groups in total. The van der Waals surface area contributed by atoms with E-state index >= 15 is 0 Å². The summed E-state index contributed by atoms with van der Waals surface area (Å²) in [7, 11) is 1.62. The molecule has 5 nitrogen and oxygen atoms in total. The number of rotatable bonds is 6. The Morgan fingerprint density at radius 2 is 1.93 bits per heavy atom. The van der Waals surface area contributed by atoms with E-state index in [1.54, 1.807) is 31.4 Å². The molecule has 0 saturated carbocycles.